The van der Waals surface area contributed by atoms with E-state index in [4.69, 9.17) is 10.5 Å². The minimum atomic E-state index is 0.409. The van der Waals surface area contributed by atoms with E-state index in [1.54, 1.807) is 18.4 Å². The summed E-state index contributed by atoms with van der Waals surface area (Å²) in [4.78, 5) is 4.25. The van der Waals surface area contributed by atoms with Gasteiger partial charge in [-0.25, -0.2) is 4.98 Å². The Balaban J connectivity index is 2.15. The molecule has 1 rings (SSSR count). The van der Waals surface area contributed by atoms with Crippen LogP contribution in [0.25, 0.3) is 0 Å². The second-order valence-electron chi connectivity index (χ2n) is 3.77. The van der Waals surface area contributed by atoms with Crippen molar-refractivity contribution >= 4 is 11.3 Å². The van der Waals surface area contributed by atoms with Crippen LogP contribution < -0.4 is 11.1 Å². The lowest BCUT2D eigenvalue weighted by atomic mass is 10.1. The molecule has 3 N–H and O–H groups in total. The first-order valence-electron chi connectivity index (χ1n) is 5.66. The first kappa shape index (κ1) is 13.6. The van der Waals surface area contributed by atoms with Crippen LogP contribution in [0.1, 0.15) is 18.5 Å². The van der Waals surface area contributed by atoms with Crippen LogP contribution in [0.4, 0.5) is 0 Å². The number of nitrogens with one attached hydrogen (secondary N) is 1. The van der Waals surface area contributed by atoms with E-state index in [0.29, 0.717) is 6.04 Å². The molecule has 92 valence electrons. The standard InChI is InChI=1S/C11H21N3OS/c1-15-7-10(3-2-5-12)13-6-4-11-8-16-9-14-11/h8-10,13H,2-7,12H2,1H3. The smallest absolute Gasteiger partial charge is 0.0794 e. The van der Waals surface area contributed by atoms with Gasteiger partial charge in [-0.15, -0.1) is 11.3 Å². The number of nitrogens with two attached hydrogens (primary N) is 1. The number of hydrogen-bond donors (Lipinski definition) is 2. The Morgan fingerprint density at radius 3 is 3.12 bits per heavy atom. The van der Waals surface area contributed by atoms with Gasteiger partial charge >= 0.3 is 0 Å². The molecule has 5 heteroatoms. The van der Waals surface area contributed by atoms with Crippen molar-refractivity contribution in [3.05, 3.63) is 16.6 Å². The van der Waals surface area contributed by atoms with Crippen molar-refractivity contribution in [1.29, 1.82) is 0 Å². The largest absolute Gasteiger partial charge is 0.383 e. The molecule has 0 spiro atoms. The second-order valence-corrected chi connectivity index (χ2v) is 4.49. The minimum Gasteiger partial charge on any atom is -0.383 e. The molecule has 0 aliphatic heterocycles. The van der Waals surface area contributed by atoms with Gasteiger partial charge in [0.05, 0.1) is 17.8 Å². The lowest BCUT2D eigenvalue weighted by Crippen LogP contribution is -2.35. The molecule has 0 aliphatic carbocycles. The van der Waals surface area contributed by atoms with Crippen LogP contribution >= 0.6 is 11.3 Å². The molecule has 0 aromatic carbocycles. The maximum Gasteiger partial charge on any atom is 0.0794 e. The van der Waals surface area contributed by atoms with Gasteiger partial charge in [0, 0.05) is 31.5 Å². The number of aromatic nitrogens is 1. The molecular weight excluding hydrogens is 222 g/mol. The summed E-state index contributed by atoms with van der Waals surface area (Å²) in [6.45, 7) is 2.44. The van der Waals surface area contributed by atoms with E-state index in [-0.39, 0.29) is 0 Å². The highest BCUT2D eigenvalue weighted by molar-refractivity contribution is 7.07. The van der Waals surface area contributed by atoms with Crippen LogP contribution in [0.3, 0.4) is 0 Å². The lowest BCUT2D eigenvalue weighted by molar-refractivity contribution is 0.162. The summed E-state index contributed by atoms with van der Waals surface area (Å²) in [6.07, 6.45) is 3.09. The Morgan fingerprint density at radius 2 is 2.50 bits per heavy atom. The van der Waals surface area contributed by atoms with Crippen LogP contribution in [-0.2, 0) is 11.2 Å². The van der Waals surface area contributed by atoms with Gasteiger partial charge in [-0.3, -0.25) is 0 Å². The third-order valence-corrected chi connectivity index (χ3v) is 3.06. The van der Waals surface area contributed by atoms with Crippen LogP contribution in [-0.4, -0.2) is 37.8 Å². The zero-order valence-corrected chi connectivity index (χ0v) is 10.6. The monoisotopic (exact) mass is 243 g/mol. The van der Waals surface area contributed by atoms with Crippen molar-refractivity contribution in [3.63, 3.8) is 0 Å². The third-order valence-electron chi connectivity index (χ3n) is 2.42. The van der Waals surface area contributed by atoms with E-state index in [1.165, 1.54) is 0 Å². The molecular formula is C11H21N3OS. The van der Waals surface area contributed by atoms with Gasteiger partial charge in [0.25, 0.3) is 0 Å². The maximum absolute atomic E-state index is 5.50. The van der Waals surface area contributed by atoms with E-state index >= 15 is 0 Å². The number of ether oxygens (including phenoxy) is 1. The van der Waals surface area contributed by atoms with Crippen molar-refractivity contribution in [2.75, 3.05) is 26.8 Å². The molecule has 0 saturated heterocycles. The van der Waals surface area contributed by atoms with E-state index in [2.05, 4.69) is 15.7 Å². The minimum absolute atomic E-state index is 0.409. The summed E-state index contributed by atoms with van der Waals surface area (Å²) in [6, 6.07) is 0.409. The Kier molecular flexibility index (Phi) is 7.33. The molecule has 4 nitrogen and oxygen atoms in total. The molecule has 1 unspecified atom stereocenters. The average Bonchev–Trinajstić information content (AvgIpc) is 2.79. The summed E-state index contributed by atoms with van der Waals surface area (Å²) in [5, 5.41) is 5.57. The van der Waals surface area contributed by atoms with Crippen molar-refractivity contribution in [1.82, 2.24) is 10.3 Å². The highest BCUT2D eigenvalue weighted by Crippen LogP contribution is 2.02. The van der Waals surface area contributed by atoms with Crippen molar-refractivity contribution in [2.24, 2.45) is 5.73 Å². The highest BCUT2D eigenvalue weighted by Gasteiger charge is 2.06. The number of thiazole rings is 1. The quantitative estimate of drug-likeness (QED) is 0.680. The molecule has 1 aromatic rings. The number of nitrogens with zero attached hydrogens (tertiary/aromatic N) is 1. The molecule has 1 atom stereocenters. The highest BCUT2D eigenvalue weighted by atomic mass is 32.1. The summed E-state index contributed by atoms with van der Waals surface area (Å²) < 4.78 is 5.17. The zero-order chi connectivity index (χ0) is 11.6. The summed E-state index contributed by atoms with van der Waals surface area (Å²) in [7, 11) is 1.73. The lowest BCUT2D eigenvalue weighted by Gasteiger charge is -2.17. The third kappa shape index (κ3) is 5.55. The molecule has 16 heavy (non-hydrogen) atoms. The SMILES string of the molecule is COCC(CCCN)NCCc1cscn1. The van der Waals surface area contributed by atoms with E-state index in [9.17, 15) is 0 Å². The summed E-state index contributed by atoms with van der Waals surface area (Å²) in [5.41, 5.74) is 8.53. The maximum atomic E-state index is 5.50. The van der Waals surface area contributed by atoms with Crippen molar-refractivity contribution in [2.45, 2.75) is 25.3 Å². The van der Waals surface area contributed by atoms with Crippen LogP contribution in [0, 0.1) is 0 Å². The van der Waals surface area contributed by atoms with E-state index < -0.39 is 0 Å². The molecule has 1 heterocycles. The predicted octanol–water partition coefficient (Wildman–Crippen LogP) is 1.03. The van der Waals surface area contributed by atoms with Gasteiger partial charge in [-0.2, -0.15) is 0 Å². The molecule has 0 fully saturated rings. The Labute approximate surface area is 101 Å². The van der Waals surface area contributed by atoms with Gasteiger partial charge in [-0.05, 0) is 19.4 Å². The van der Waals surface area contributed by atoms with Gasteiger partial charge in [0.2, 0.25) is 0 Å². The normalized spacial score (nSPS) is 12.9. The van der Waals surface area contributed by atoms with Crippen molar-refractivity contribution in [3.8, 4) is 0 Å². The first-order chi connectivity index (χ1) is 7.86. The fraction of sp³-hybridized carbons (Fsp3) is 0.727. The van der Waals surface area contributed by atoms with Gasteiger partial charge in [-0.1, -0.05) is 0 Å². The number of methoxy groups -OCH3 is 1. The average molecular weight is 243 g/mol. The molecule has 0 bridgehead atoms. The molecule has 0 aliphatic rings. The molecule has 0 radical (unpaired) electrons. The zero-order valence-electron chi connectivity index (χ0n) is 9.82. The topological polar surface area (TPSA) is 60.2 Å². The van der Waals surface area contributed by atoms with E-state index in [1.807, 2.05) is 5.51 Å². The molecule has 0 amide bonds. The fourth-order valence-corrected chi connectivity index (χ4v) is 2.17. The molecule has 0 saturated carbocycles. The van der Waals surface area contributed by atoms with Crippen LogP contribution in [0.2, 0.25) is 0 Å². The summed E-state index contributed by atoms with van der Waals surface area (Å²) >= 11 is 1.64. The number of rotatable bonds is 9. The van der Waals surface area contributed by atoms with Crippen molar-refractivity contribution < 1.29 is 4.74 Å². The van der Waals surface area contributed by atoms with E-state index in [0.717, 1.165) is 44.7 Å². The first-order valence-corrected chi connectivity index (χ1v) is 6.60. The Bertz CT molecular complexity index is 254. The fourth-order valence-electron chi connectivity index (χ4n) is 1.58. The number of hydrogen-bond acceptors (Lipinski definition) is 5. The second kappa shape index (κ2) is 8.64. The van der Waals surface area contributed by atoms with Gasteiger partial charge in [0.1, 0.15) is 0 Å². The van der Waals surface area contributed by atoms with Crippen LogP contribution in [0.5, 0.6) is 0 Å². The van der Waals surface area contributed by atoms with Crippen LogP contribution in [0.15, 0.2) is 10.9 Å². The Morgan fingerprint density at radius 1 is 1.62 bits per heavy atom. The summed E-state index contributed by atoms with van der Waals surface area (Å²) in [5.74, 6) is 0. The predicted molar refractivity (Wildman–Crippen MR) is 67.8 cm³/mol. The molecule has 1 aromatic heterocycles. The van der Waals surface area contributed by atoms with Gasteiger partial charge < -0.3 is 15.8 Å². The van der Waals surface area contributed by atoms with Gasteiger partial charge in [0.15, 0.2) is 0 Å². The Hall–Kier alpha value is -0.490.